The second kappa shape index (κ2) is 3.95. The van der Waals surface area contributed by atoms with Crippen LogP contribution >= 0.6 is 0 Å². The monoisotopic (exact) mass is 183 g/mol. The van der Waals surface area contributed by atoms with E-state index in [0.29, 0.717) is 0 Å². The third-order valence-corrected chi connectivity index (χ3v) is 3.43. The van der Waals surface area contributed by atoms with Gasteiger partial charge in [-0.25, -0.2) is 0 Å². The average Bonchev–Trinajstić information content (AvgIpc) is 2.43. The van der Waals surface area contributed by atoms with Gasteiger partial charge < -0.3 is 10.2 Å². The Hall–Kier alpha value is -0.120. The Morgan fingerprint density at radius 1 is 1.38 bits per heavy atom. The van der Waals surface area contributed by atoms with Crippen molar-refractivity contribution in [2.45, 2.75) is 25.4 Å². The highest BCUT2D eigenvalue weighted by atomic mass is 15.3. The summed E-state index contributed by atoms with van der Waals surface area (Å²) in [5, 5.41) is 3.36. The van der Waals surface area contributed by atoms with Crippen LogP contribution in [-0.2, 0) is 0 Å². The van der Waals surface area contributed by atoms with Crippen molar-refractivity contribution >= 4 is 0 Å². The molecular weight excluding hydrogens is 162 g/mol. The molecule has 0 aliphatic carbocycles. The first-order valence-electron chi connectivity index (χ1n) is 5.46. The normalized spacial score (nSPS) is 31.2. The van der Waals surface area contributed by atoms with E-state index >= 15 is 0 Å². The van der Waals surface area contributed by atoms with Gasteiger partial charge in [-0.05, 0) is 26.6 Å². The molecule has 2 aliphatic rings. The van der Waals surface area contributed by atoms with Crippen LogP contribution in [0.4, 0.5) is 0 Å². The number of nitrogens with one attached hydrogen (secondary N) is 1. The van der Waals surface area contributed by atoms with Gasteiger partial charge in [0, 0.05) is 31.7 Å². The van der Waals surface area contributed by atoms with Crippen LogP contribution in [0.1, 0.15) is 13.3 Å². The Bertz CT molecular complexity index is 168. The Kier molecular flexibility index (Phi) is 2.86. The fourth-order valence-electron chi connectivity index (χ4n) is 2.50. The summed E-state index contributed by atoms with van der Waals surface area (Å²) in [6.07, 6.45) is 1.36. The van der Waals surface area contributed by atoms with Gasteiger partial charge in [0.1, 0.15) is 0 Å². The molecule has 1 atom stereocenters. The van der Waals surface area contributed by atoms with Crippen molar-refractivity contribution < 1.29 is 0 Å². The zero-order valence-corrected chi connectivity index (χ0v) is 8.79. The number of rotatable bonds is 3. The van der Waals surface area contributed by atoms with Gasteiger partial charge in [-0.2, -0.15) is 0 Å². The van der Waals surface area contributed by atoms with Crippen molar-refractivity contribution in [2.75, 3.05) is 39.8 Å². The molecule has 0 aromatic rings. The zero-order chi connectivity index (χ0) is 9.26. The average molecular weight is 183 g/mol. The van der Waals surface area contributed by atoms with Crippen LogP contribution in [0.25, 0.3) is 0 Å². The summed E-state index contributed by atoms with van der Waals surface area (Å²) in [7, 11) is 2.23. The second-order valence-corrected chi connectivity index (χ2v) is 4.35. The number of nitrogens with zero attached hydrogens (tertiary/aromatic N) is 2. The fourth-order valence-corrected chi connectivity index (χ4v) is 2.50. The molecule has 0 amide bonds. The molecule has 3 heteroatoms. The lowest BCUT2D eigenvalue weighted by atomic mass is 10.1. The third-order valence-electron chi connectivity index (χ3n) is 3.43. The summed E-state index contributed by atoms with van der Waals surface area (Å²) in [6.45, 7) is 8.45. The van der Waals surface area contributed by atoms with Gasteiger partial charge in [-0.1, -0.05) is 6.92 Å². The molecule has 2 aliphatic heterocycles. The molecule has 13 heavy (non-hydrogen) atoms. The predicted octanol–water partition coefficient (Wildman–Crippen LogP) is -0.0158. The van der Waals surface area contributed by atoms with Gasteiger partial charge in [0.15, 0.2) is 0 Å². The molecule has 2 saturated heterocycles. The largest absolute Gasteiger partial charge is 0.314 e. The van der Waals surface area contributed by atoms with Crippen LogP contribution in [0, 0.1) is 0 Å². The summed E-state index contributed by atoms with van der Waals surface area (Å²) >= 11 is 0. The molecule has 76 valence electrons. The minimum atomic E-state index is 0.821. The van der Waals surface area contributed by atoms with Crippen molar-refractivity contribution in [3.63, 3.8) is 0 Å². The Morgan fingerprint density at radius 3 is 2.54 bits per heavy atom. The summed E-state index contributed by atoms with van der Waals surface area (Å²) < 4.78 is 0. The number of likely N-dealkylation sites (tertiary alicyclic amines) is 1. The minimum Gasteiger partial charge on any atom is -0.314 e. The summed E-state index contributed by atoms with van der Waals surface area (Å²) in [5.74, 6) is 0. The molecule has 2 fully saturated rings. The van der Waals surface area contributed by atoms with Crippen molar-refractivity contribution in [3.05, 3.63) is 0 Å². The number of hydrogen-bond donors (Lipinski definition) is 1. The fraction of sp³-hybridized carbons (Fsp3) is 1.00. The van der Waals surface area contributed by atoms with E-state index in [1.54, 1.807) is 0 Å². The first-order chi connectivity index (χ1) is 6.31. The van der Waals surface area contributed by atoms with Crippen LogP contribution in [-0.4, -0.2) is 61.7 Å². The predicted molar refractivity (Wildman–Crippen MR) is 54.9 cm³/mol. The first-order valence-corrected chi connectivity index (χ1v) is 5.46. The minimum absolute atomic E-state index is 0.821. The van der Waals surface area contributed by atoms with Crippen LogP contribution < -0.4 is 5.32 Å². The highest BCUT2D eigenvalue weighted by molar-refractivity contribution is 4.91. The van der Waals surface area contributed by atoms with Gasteiger partial charge in [0.05, 0.1) is 0 Å². The van der Waals surface area contributed by atoms with E-state index in [4.69, 9.17) is 0 Å². The Morgan fingerprint density at radius 2 is 2.15 bits per heavy atom. The lowest BCUT2D eigenvalue weighted by Crippen LogP contribution is -2.60. The van der Waals surface area contributed by atoms with E-state index in [1.807, 2.05) is 0 Å². The SMILES string of the molecule is CCN(C1CNC1)C1CCN(C)C1. The highest BCUT2D eigenvalue weighted by Crippen LogP contribution is 2.18. The summed E-state index contributed by atoms with van der Waals surface area (Å²) in [6, 6.07) is 1.64. The van der Waals surface area contributed by atoms with E-state index in [-0.39, 0.29) is 0 Å². The molecule has 1 N–H and O–H groups in total. The van der Waals surface area contributed by atoms with E-state index < -0.39 is 0 Å². The van der Waals surface area contributed by atoms with E-state index in [0.717, 1.165) is 12.1 Å². The van der Waals surface area contributed by atoms with Crippen LogP contribution in [0.2, 0.25) is 0 Å². The molecule has 1 unspecified atom stereocenters. The Labute approximate surface area is 81.1 Å². The smallest absolute Gasteiger partial charge is 0.0348 e. The highest BCUT2D eigenvalue weighted by Gasteiger charge is 2.32. The zero-order valence-electron chi connectivity index (χ0n) is 8.79. The maximum absolute atomic E-state index is 3.36. The van der Waals surface area contributed by atoms with Gasteiger partial charge in [-0.3, -0.25) is 4.90 Å². The maximum atomic E-state index is 3.36. The van der Waals surface area contributed by atoms with Gasteiger partial charge in [0.2, 0.25) is 0 Å². The lowest BCUT2D eigenvalue weighted by Gasteiger charge is -2.41. The van der Waals surface area contributed by atoms with Gasteiger partial charge in [0.25, 0.3) is 0 Å². The van der Waals surface area contributed by atoms with Gasteiger partial charge >= 0.3 is 0 Å². The third kappa shape index (κ3) is 1.87. The van der Waals surface area contributed by atoms with Crippen LogP contribution in [0.15, 0.2) is 0 Å². The topological polar surface area (TPSA) is 18.5 Å². The molecular formula is C10H21N3. The van der Waals surface area contributed by atoms with E-state index in [9.17, 15) is 0 Å². The first kappa shape index (κ1) is 9.44. The number of hydrogen-bond acceptors (Lipinski definition) is 3. The second-order valence-electron chi connectivity index (χ2n) is 4.35. The van der Waals surface area contributed by atoms with Crippen molar-refractivity contribution in [1.82, 2.24) is 15.1 Å². The van der Waals surface area contributed by atoms with Crippen LogP contribution in [0.3, 0.4) is 0 Å². The standard InChI is InChI=1S/C10H21N3/c1-3-13(10-6-11-7-10)9-4-5-12(2)8-9/h9-11H,3-8H2,1-2H3. The molecule has 0 saturated carbocycles. The number of likely N-dealkylation sites (N-methyl/N-ethyl adjacent to an activating group) is 2. The maximum Gasteiger partial charge on any atom is 0.0348 e. The molecule has 2 rings (SSSR count). The molecule has 0 spiro atoms. The molecule has 0 bridgehead atoms. The molecule has 0 aromatic carbocycles. The van der Waals surface area contributed by atoms with Crippen molar-refractivity contribution in [1.29, 1.82) is 0 Å². The summed E-state index contributed by atoms with van der Waals surface area (Å²) in [4.78, 5) is 5.12. The quantitative estimate of drug-likeness (QED) is 0.663. The van der Waals surface area contributed by atoms with Crippen LogP contribution in [0.5, 0.6) is 0 Å². The van der Waals surface area contributed by atoms with Crippen molar-refractivity contribution in [2.24, 2.45) is 0 Å². The Balaban J connectivity index is 1.88. The van der Waals surface area contributed by atoms with E-state index in [2.05, 4.69) is 29.1 Å². The lowest BCUT2D eigenvalue weighted by molar-refractivity contribution is 0.105. The van der Waals surface area contributed by atoms with Crippen molar-refractivity contribution in [3.8, 4) is 0 Å². The van der Waals surface area contributed by atoms with Gasteiger partial charge in [-0.15, -0.1) is 0 Å². The molecule has 3 nitrogen and oxygen atoms in total. The van der Waals surface area contributed by atoms with E-state index in [1.165, 1.54) is 39.1 Å². The molecule has 0 aromatic heterocycles. The molecule has 2 heterocycles. The summed E-state index contributed by atoms with van der Waals surface area (Å²) in [5.41, 5.74) is 0. The molecule has 0 radical (unpaired) electrons.